The molecule has 1 aromatic carbocycles. The van der Waals surface area contributed by atoms with E-state index in [4.69, 9.17) is 5.73 Å². The molecule has 0 bridgehead atoms. The summed E-state index contributed by atoms with van der Waals surface area (Å²) in [5, 5.41) is 12.0. The average Bonchev–Trinajstić information content (AvgIpc) is 2.27. The Balaban J connectivity index is 2.49. The Morgan fingerprint density at radius 1 is 1.59 bits per heavy atom. The van der Waals surface area contributed by atoms with Crippen LogP contribution in [0.2, 0.25) is 0 Å². The molecule has 94 valence electrons. The van der Waals surface area contributed by atoms with Gasteiger partial charge in [0.05, 0.1) is 5.56 Å². The fourth-order valence-electron chi connectivity index (χ4n) is 1.41. The number of phenolic OH excluding ortho intramolecular Hbond substituents is 1. The zero-order valence-corrected chi connectivity index (χ0v) is 9.74. The van der Waals surface area contributed by atoms with Crippen molar-refractivity contribution >= 4 is 5.91 Å². The number of aromatic hydroxyl groups is 1. The summed E-state index contributed by atoms with van der Waals surface area (Å²) in [7, 11) is 0. The zero-order chi connectivity index (χ0) is 12.8. The molecule has 1 atom stereocenters. The summed E-state index contributed by atoms with van der Waals surface area (Å²) >= 11 is 0. The van der Waals surface area contributed by atoms with Gasteiger partial charge in [-0.15, -0.1) is 0 Å². The van der Waals surface area contributed by atoms with E-state index in [2.05, 4.69) is 5.32 Å². The highest BCUT2D eigenvalue weighted by atomic mass is 19.1. The Labute approximate surface area is 99.6 Å². The van der Waals surface area contributed by atoms with E-state index in [-0.39, 0.29) is 17.4 Å². The van der Waals surface area contributed by atoms with Crippen LogP contribution in [0.5, 0.6) is 5.75 Å². The predicted molar refractivity (Wildman–Crippen MR) is 63.3 cm³/mol. The number of rotatable bonds is 5. The largest absolute Gasteiger partial charge is 0.507 e. The first-order valence-corrected chi connectivity index (χ1v) is 5.53. The molecule has 0 aliphatic heterocycles. The van der Waals surface area contributed by atoms with Gasteiger partial charge in [0.2, 0.25) is 0 Å². The van der Waals surface area contributed by atoms with Gasteiger partial charge in [-0.2, -0.15) is 0 Å². The number of hydrogen-bond donors (Lipinski definition) is 3. The molecule has 0 saturated heterocycles. The first-order valence-electron chi connectivity index (χ1n) is 5.53. The zero-order valence-electron chi connectivity index (χ0n) is 9.74. The lowest BCUT2D eigenvalue weighted by Gasteiger charge is -2.08. The van der Waals surface area contributed by atoms with Gasteiger partial charge in [0.15, 0.2) is 0 Å². The fraction of sp³-hybridized carbons (Fsp3) is 0.417. The molecule has 5 heteroatoms. The molecule has 0 aliphatic rings. The summed E-state index contributed by atoms with van der Waals surface area (Å²) in [6, 6.07) is 3.36. The minimum atomic E-state index is -0.552. The third-order valence-corrected chi connectivity index (χ3v) is 2.33. The molecule has 0 spiro atoms. The van der Waals surface area contributed by atoms with E-state index in [1.807, 2.05) is 6.92 Å². The lowest BCUT2D eigenvalue weighted by atomic mass is 10.1. The highest BCUT2D eigenvalue weighted by Crippen LogP contribution is 2.17. The van der Waals surface area contributed by atoms with Crippen LogP contribution in [-0.4, -0.2) is 23.6 Å². The van der Waals surface area contributed by atoms with Crippen molar-refractivity contribution < 1.29 is 14.3 Å². The normalized spacial score (nSPS) is 12.2. The van der Waals surface area contributed by atoms with E-state index in [1.165, 1.54) is 0 Å². The molecule has 1 aromatic rings. The van der Waals surface area contributed by atoms with Gasteiger partial charge in [-0.05, 0) is 38.0 Å². The summed E-state index contributed by atoms with van der Waals surface area (Å²) in [6.07, 6.45) is 1.55. The van der Waals surface area contributed by atoms with Gasteiger partial charge >= 0.3 is 0 Å². The summed E-state index contributed by atoms with van der Waals surface area (Å²) in [5.41, 5.74) is 5.51. The Morgan fingerprint density at radius 3 is 2.94 bits per heavy atom. The van der Waals surface area contributed by atoms with Gasteiger partial charge in [-0.3, -0.25) is 4.79 Å². The van der Waals surface area contributed by atoms with Gasteiger partial charge in [-0.25, -0.2) is 4.39 Å². The van der Waals surface area contributed by atoms with E-state index in [9.17, 15) is 14.3 Å². The summed E-state index contributed by atoms with van der Waals surface area (Å²) in [5.74, 6) is -1.26. The second kappa shape index (κ2) is 6.20. The molecule has 0 aromatic heterocycles. The van der Waals surface area contributed by atoms with Gasteiger partial charge in [0.1, 0.15) is 11.6 Å². The molecule has 17 heavy (non-hydrogen) atoms. The SMILES string of the molecule is CC(N)CCCNC(=O)c1cc(F)ccc1O. The molecule has 0 aliphatic carbocycles. The van der Waals surface area contributed by atoms with Crippen LogP contribution >= 0.6 is 0 Å². The minimum absolute atomic E-state index is 0.0502. The molecule has 4 nitrogen and oxygen atoms in total. The van der Waals surface area contributed by atoms with Crippen molar-refractivity contribution in [3.05, 3.63) is 29.6 Å². The maximum Gasteiger partial charge on any atom is 0.255 e. The third kappa shape index (κ3) is 4.40. The van der Waals surface area contributed by atoms with Crippen LogP contribution in [0.25, 0.3) is 0 Å². The Bertz CT molecular complexity index is 394. The Kier molecular flexibility index (Phi) is 4.90. The van der Waals surface area contributed by atoms with Gasteiger partial charge < -0.3 is 16.2 Å². The molecule has 0 radical (unpaired) electrons. The van der Waals surface area contributed by atoms with Gasteiger partial charge in [0.25, 0.3) is 5.91 Å². The maximum absolute atomic E-state index is 12.9. The predicted octanol–water partition coefficient (Wildman–Crippen LogP) is 1.39. The van der Waals surface area contributed by atoms with Crippen LogP contribution in [0.15, 0.2) is 18.2 Å². The van der Waals surface area contributed by atoms with E-state index in [0.29, 0.717) is 6.54 Å². The van der Waals surface area contributed by atoms with Crippen LogP contribution in [0.4, 0.5) is 4.39 Å². The number of phenols is 1. The minimum Gasteiger partial charge on any atom is -0.507 e. The number of amides is 1. The van der Waals surface area contributed by atoms with Crippen molar-refractivity contribution in [2.24, 2.45) is 5.73 Å². The number of halogens is 1. The van der Waals surface area contributed by atoms with Crippen molar-refractivity contribution in [3.63, 3.8) is 0 Å². The first-order chi connectivity index (χ1) is 8.00. The molecular formula is C12H17FN2O2. The first kappa shape index (κ1) is 13.4. The quantitative estimate of drug-likeness (QED) is 0.681. The summed E-state index contributed by atoms with van der Waals surface area (Å²) in [6.45, 7) is 2.34. The monoisotopic (exact) mass is 240 g/mol. The molecule has 1 amide bonds. The van der Waals surface area contributed by atoms with Crippen molar-refractivity contribution in [1.29, 1.82) is 0 Å². The molecule has 0 saturated carbocycles. The molecule has 0 fully saturated rings. The standard InChI is InChI=1S/C12H17FN2O2/c1-8(14)3-2-6-15-12(17)10-7-9(13)4-5-11(10)16/h4-5,7-8,16H,2-3,6,14H2,1H3,(H,15,17). The van der Waals surface area contributed by atoms with Crippen molar-refractivity contribution in [2.45, 2.75) is 25.8 Å². The van der Waals surface area contributed by atoms with Gasteiger partial charge in [-0.1, -0.05) is 0 Å². The highest BCUT2D eigenvalue weighted by molar-refractivity contribution is 5.96. The number of carbonyl (C=O) groups is 1. The smallest absolute Gasteiger partial charge is 0.255 e. The molecule has 4 N–H and O–H groups in total. The number of carbonyl (C=O) groups excluding carboxylic acids is 1. The molecule has 0 heterocycles. The highest BCUT2D eigenvalue weighted by Gasteiger charge is 2.11. The number of nitrogens with two attached hydrogens (primary N) is 1. The Morgan fingerprint density at radius 2 is 2.29 bits per heavy atom. The van der Waals surface area contributed by atoms with E-state index >= 15 is 0 Å². The van der Waals surface area contributed by atoms with Gasteiger partial charge in [0, 0.05) is 12.6 Å². The van der Waals surface area contributed by atoms with E-state index in [0.717, 1.165) is 31.0 Å². The third-order valence-electron chi connectivity index (χ3n) is 2.33. The number of hydrogen-bond acceptors (Lipinski definition) is 3. The molecule has 1 rings (SSSR count). The maximum atomic E-state index is 12.9. The fourth-order valence-corrected chi connectivity index (χ4v) is 1.41. The van der Waals surface area contributed by atoms with Crippen molar-refractivity contribution in [1.82, 2.24) is 5.32 Å². The van der Waals surface area contributed by atoms with Crippen molar-refractivity contribution in [2.75, 3.05) is 6.54 Å². The van der Waals surface area contributed by atoms with Crippen LogP contribution in [0.1, 0.15) is 30.1 Å². The van der Waals surface area contributed by atoms with Crippen LogP contribution in [0.3, 0.4) is 0 Å². The number of benzene rings is 1. The second-order valence-corrected chi connectivity index (χ2v) is 4.04. The van der Waals surface area contributed by atoms with Crippen LogP contribution in [0, 0.1) is 5.82 Å². The Hall–Kier alpha value is -1.62. The summed E-state index contributed by atoms with van der Waals surface area (Å²) < 4.78 is 12.9. The lowest BCUT2D eigenvalue weighted by molar-refractivity contribution is 0.0949. The number of nitrogens with one attached hydrogen (secondary N) is 1. The van der Waals surface area contributed by atoms with Crippen LogP contribution < -0.4 is 11.1 Å². The topological polar surface area (TPSA) is 75.3 Å². The van der Waals surface area contributed by atoms with E-state index < -0.39 is 11.7 Å². The van der Waals surface area contributed by atoms with Crippen molar-refractivity contribution in [3.8, 4) is 5.75 Å². The molecular weight excluding hydrogens is 223 g/mol. The van der Waals surface area contributed by atoms with Crippen LogP contribution in [-0.2, 0) is 0 Å². The lowest BCUT2D eigenvalue weighted by Crippen LogP contribution is -2.26. The molecule has 1 unspecified atom stereocenters. The second-order valence-electron chi connectivity index (χ2n) is 4.04. The van der Waals surface area contributed by atoms with E-state index in [1.54, 1.807) is 0 Å². The average molecular weight is 240 g/mol. The summed E-state index contributed by atoms with van der Waals surface area (Å²) in [4.78, 5) is 11.6.